The van der Waals surface area contributed by atoms with Crippen LogP contribution in [0.15, 0.2) is 24.3 Å². The lowest BCUT2D eigenvalue weighted by Crippen LogP contribution is -2.39. The molecule has 19 heavy (non-hydrogen) atoms. The molecule has 1 amide bonds. The van der Waals surface area contributed by atoms with Crippen LogP contribution in [-0.2, 0) is 17.6 Å². The fourth-order valence-electron chi connectivity index (χ4n) is 2.81. The maximum Gasteiger partial charge on any atom is 0.226 e. The van der Waals surface area contributed by atoms with E-state index >= 15 is 0 Å². The van der Waals surface area contributed by atoms with Gasteiger partial charge in [0.2, 0.25) is 5.91 Å². The molecule has 2 heteroatoms. The summed E-state index contributed by atoms with van der Waals surface area (Å²) in [6.45, 7) is 3.28. The molecular weight excluding hydrogens is 234 g/mol. The summed E-state index contributed by atoms with van der Waals surface area (Å²) in [7, 11) is 0. The third-order valence-corrected chi connectivity index (χ3v) is 3.78. The van der Waals surface area contributed by atoms with Crippen LogP contribution >= 0.6 is 0 Å². The van der Waals surface area contributed by atoms with Crippen molar-refractivity contribution in [3.8, 4) is 12.3 Å². The van der Waals surface area contributed by atoms with E-state index in [4.69, 9.17) is 6.42 Å². The van der Waals surface area contributed by atoms with Crippen molar-refractivity contribution in [2.24, 2.45) is 5.92 Å². The van der Waals surface area contributed by atoms with Crippen LogP contribution in [0.25, 0.3) is 0 Å². The van der Waals surface area contributed by atoms with Gasteiger partial charge in [0.1, 0.15) is 0 Å². The molecule has 0 aliphatic heterocycles. The summed E-state index contributed by atoms with van der Waals surface area (Å²) in [5.41, 5.74) is 2.72. The molecule has 0 saturated heterocycles. The average molecular weight is 255 g/mol. The fraction of sp³-hybridized carbons (Fsp3) is 0.471. The van der Waals surface area contributed by atoms with Gasteiger partial charge in [-0.15, -0.1) is 6.42 Å². The topological polar surface area (TPSA) is 20.3 Å². The summed E-state index contributed by atoms with van der Waals surface area (Å²) in [5, 5.41) is 0. The smallest absolute Gasteiger partial charge is 0.226 e. The molecule has 0 fully saturated rings. The van der Waals surface area contributed by atoms with Gasteiger partial charge in [-0.2, -0.15) is 0 Å². The van der Waals surface area contributed by atoms with E-state index in [1.165, 1.54) is 11.1 Å². The van der Waals surface area contributed by atoms with E-state index in [2.05, 4.69) is 37.1 Å². The van der Waals surface area contributed by atoms with E-state index in [0.29, 0.717) is 6.54 Å². The standard InChI is InChI=1S/C17H21NO/c1-3-11-18(12-4-2)17(19)16-10-9-14-7-5-6-8-15(14)13-16/h1,5-8,16H,4,9-13H2,2H3. The van der Waals surface area contributed by atoms with Crippen molar-refractivity contribution in [3.63, 3.8) is 0 Å². The Morgan fingerprint density at radius 1 is 1.42 bits per heavy atom. The minimum Gasteiger partial charge on any atom is -0.331 e. The Hall–Kier alpha value is -1.75. The van der Waals surface area contributed by atoms with Gasteiger partial charge in [0.05, 0.1) is 6.54 Å². The van der Waals surface area contributed by atoms with Crippen LogP contribution in [0.3, 0.4) is 0 Å². The summed E-state index contributed by atoms with van der Waals surface area (Å²) >= 11 is 0. The minimum atomic E-state index is 0.106. The third kappa shape index (κ3) is 3.17. The highest BCUT2D eigenvalue weighted by molar-refractivity contribution is 5.79. The second kappa shape index (κ2) is 6.43. The van der Waals surface area contributed by atoms with Gasteiger partial charge in [-0.25, -0.2) is 0 Å². The Labute approximate surface area is 115 Å². The highest BCUT2D eigenvalue weighted by atomic mass is 16.2. The first-order chi connectivity index (χ1) is 9.26. The Morgan fingerprint density at radius 3 is 2.84 bits per heavy atom. The summed E-state index contributed by atoms with van der Waals surface area (Å²) in [6.07, 6.45) is 9.12. The first-order valence-electron chi connectivity index (χ1n) is 7.05. The number of fused-ring (bicyclic) bond motifs is 1. The van der Waals surface area contributed by atoms with Crippen molar-refractivity contribution in [3.05, 3.63) is 35.4 Å². The summed E-state index contributed by atoms with van der Waals surface area (Å²) < 4.78 is 0. The molecular formula is C17H21NO. The van der Waals surface area contributed by atoms with E-state index < -0.39 is 0 Å². The Balaban J connectivity index is 2.07. The average Bonchev–Trinajstić information content (AvgIpc) is 2.46. The van der Waals surface area contributed by atoms with Gasteiger partial charge in [0.15, 0.2) is 0 Å². The number of hydrogen-bond donors (Lipinski definition) is 0. The number of aryl methyl sites for hydroxylation is 1. The molecule has 1 atom stereocenters. The molecule has 100 valence electrons. The first-order valence-corrected chi connectivity index (χ1v) is 7.05. The predicted molar refractivity (Wildman–Crippen MR) is 77.7 cm³/mol. The number of nitrogens with zero attached hydrogens (tertiary/aromatic N) is 1. The van der Waals surface area contributed by atoms with Crippen LogP contribution in [-0.4, -0.2) is 23.9 Å². The van der Waals surface area contributed by atoms with Crippen LogP contribution < -0.4 is 0 Å². The van der Waals surface area contributed by atoms with Gasteiger partial charge in [0, 0.05) is 12.5 Å². The molecule has 1 aromatic rings. The molecule has 0 heterocycles. The summed E-state index contributed by atoms with van der Waals surface area (Å²) in [4.78, 5) is 14.4. The highest BCUT2D eigenvalue weighted by Gasteiger charge is 2.27. The molecule has 1 aliphatic rings. The zero-order chi connectivity index (χ0) is 13.7. The van der Waals surface area contributed by atoms with Gasteiger partial charge in [-0.1, -0.05) is 37.1 Å². The number of rotatable bonds is 4. The first kappa shape index (κ1) is 13.7. The lowest BCUT2D eigenvalue weighted by atomic mass is 9.83. The molecule has 2 nitrogen and oxygen atoms in total. The van der Waals surface area contributed by atoms with E-state index in [1.54, 1.807) is 0 Å². The molecule has 0 saturated carbocycles. The Kier molecular flexibility index (Phi) is 4.63. The van der Waals surface area contributed by atoms with Crippen molar-refractivity contribution in [1.29, 1.82) is 0 Å². The summed E-state index contributed by atoms with van der Waals surface area (Å²) in [5.74, 6) is 2.93. The number of carbonyl (C=O) groups is 1. The Bertz CT molecular complexity index is 486. The monoisotopic (exact) mass is 255 g/mol. The van der Waals surface area contributed by atoms with Gasteiger partial charge in [0.25, 0.3) is 0 Å². The largest absolute Gasteiger partial charge is 0.331 e. The number of carbonyl (C=O) groups excluding carboxylic acids is 1. The van der Waals surface area contributed by atoms with Gasteiger partial charge in [-0.05, 0) is 36.8 Å². The van der Waals surface area contributed by atoms with Crippen LogP contribution in [0.5, 0.6) is 0 Å². The molecule has 1 aliphatic carbocycles. The number of hydrogen-bond acceptors (Lipinski definition) is 1. The van der Waals surface area contributed by atoms with Crippen LogP contribution in [0.2, 0.25) is 0 Å². The van der Waals surface area contributed by atoms with E-state index in [1.807, 2.05) is 4.90 Å². The second-order valence-electron chi connectivity index (χ2n) is 5.17. The SMILES string of the molecule is C#CCN(CCC)C(=O)C1CCc2ccccc2C1. The third-order valence-electron chi connectivity index (χ3n) is 3.78. The van der Waals surface area contributed by atoms with Crippen molar-refractivity contribution in [1.82, 2.24) is 4.90 Å². The molecule has 0 bridgehead atoms. The second-order valence-corrected chi connectivity index (χ2v) is 5.17. The van der Waals surface area contributed by atoms with Crippen LogP contribution in [0.1, 0.15) is 30.9 Å². The molecule has 2 rings (SSSR count). The van der Waals surface area contributed by atoms with Crippen molar-refractivity contribution < 1.29 is 4.79 Å². The maximum absolute atomic E-state index is 12.5. The zero-order valence-corrected chi connectivity index (χ0v) is 11.6. The van der Waals surface area contributed by atoms with Crippen molar-refractivity contribution >= 4 is 5.91 Å². The maximum atomic E-state index is 12.5. The zero-order valence-electron chi connectivity index (χ0n) is 11.6. The van der Waals surface area contributed by atoms with Crippen molar-refractivity contribution in [2.75, 3.05) is 13.1 Å². The van der Waals surface area contributed by atoms with Gasteiger partial charge < -0.3 is 4.90 Å². The van der Waals surface area contributed by atoms with Crippen molar-refractivity contribution in [2.45, 2.75) is 32.6 Å². The number of terminal acetylenes is 1. The summed E-state index contributed by atoms with van der Waals surface area (Å²) in [6, 6.07) is 8.43. The lowest BCUT2D eigenvalue weighted by Gasteiger charge is -2.29. The molecule has 1 unspecified atom stereocenters. The Morgan fingerprint density at radius 2 is 2.16 bits per heavy atom. The quantitative estimate of drug-likeness (QED) is 0.757. The molecule has 0 spiro atoms. The van der Waals surface area contributed by atoms with Gasteiger partial charge in [-0.3, -0.25) is 4.79 Å². The van der Waals surface area contributed by atoms with E-state index in [9.17, 15) is 4.79 Å². The normalized spacial score (nSPS) is 17.4. The number of benzene rings is 1. The van der Waals surface area contributed by atoms with Crippen LogP contribution in [0, 0.1) is 18.3 Å². The molecule has 1 aromatic carbocycles. The lowest BCUT2D eigenvalue weighted by molar-refractivity contribution is -0.135. The van der Waals surface area contributed by atoms with Gasteiger partial charge >= 0.3 is 0 Å². The predicted octanol–water partition coefficient (Wildman–Crippen LogP) is 2.66. The van der Waals surface area contributed by atoms with Crippen LogP contribution in [0.4, 0.5) is 0 Å². The highest BCUT2D eigenvalue weighted by Crippen LogP contribution is 2.26. The minimum absolute atomic E-state index is 0.106. The number of amides is 1. The molecule has 0 radical (unpaired) electrons. The van der Waals surface area contributed by atoms with E-state index in [-0.39, 0.29) is 11.8 Å². The fourth-order valence-corrected chi connectivity index (χ4v) is 2.81. The molecule has 0 N–H and O–H groups in total. The molecule has 0 aromatic heterocycles. The van der Waals surface area contributed by atoms with E-state index in [0.717, 1.165) is 32.2 Å².